The molecule has 0 amide bonds. The zero-order chi connectivity index (χ0) is 18.1. The summed E-state index contributed by atoms with van der Waals surface area (Å²) in [5.41, 5.74) is 3.50. The molecular weight excluding hydrogens is 439 g/mol. The molecule has 1 aliphatic heterocycles. The molecule has 2 aromatic carbocycles. The number of carboxylic acid groups (broad SMARTS) is 1. The highest BCUT2D eigenvalue weighted by molar-refractivity contribution is 14.1. The van der Waals surface area contributed by atoms with Crippen LogP contribution in [0.4, 0.5) is 0 Å². The fourth-order valence-electron chi connectivity index (χ4n) is 3.92. The van der Waals surface area contributed by atoms with Crippen LogP contribution in [0.1, 0.15) is 30.7 Å². The summed E-state index contributed by atoms with van der Waals surface area (Å²) in [5, 5.41) is 18.8. The Balaban J connectivity index is 1.58. The Labute approximate surface area is 166 Å². The minimum atomic E-state index is -0.758. The molecule has 3 N–H and O–H groups in total. The number of halogens is 1. The summed E-state index contributed by atoms with van der Waals surface area (Å²) in [5.74, 6) is -0.810. The maximum atomic E-state index is 11.5. The van der Waals surface area contributed by atoms with Crippen LogP contribution in [0.3, 0.4) is 0 Å². The molecule has 26 heavy (non-hydrogen) atoms. The smallest absolute Gasteiger partial charge is 0.303 e. The van der Waals surface area contributed by atoms with E-state index in [1.54, 1.807) is 0 Å². The first kappa shape index (κ1) is 17.4. The Hall–Kier alpha value is -2.02. The maximum absolute atomic E-state index is 11.5. The lowest BCUT2D eigenvalue weighted by atomic mass is 9.87. The number of hydrogen-bond donors (Lipinski definition) is 3. The minimum Gasteiger partial charge on any atom is -0.481 e. The predicted octanol–water partition coefficient (Wildman–Crippen LogP) is 4.28. The highest BCUT2D eigenvalue weighted by Crippen LogP contribution is 2.33. The van der Waals surface area contributed by atoms with E-state index in [1.807, 2.05) is 18.2 Å². The fourth-order valence-corrected chi connectivity index (χ4v) is 4.57. The van der Waals surface area contributed by atoms with Crippen LogP contribution in [0.15, 0.2) is 66.0 Å². The van der Waals surface area contributed by atoms with Gasteiger partial charge in [0.2, 0.25) is 0 Å². The van der Waals surface area contributed by atoms with E-state index in [0.717, 1.165) is 34.9 Å². The average molecular weight is 460 g/mol. The Bertz CT molecular complexity index is 901. The van der Waals surface area contributed by atoms with Gasteiger partial charge in [-0.2, -0.15) is 0 Å². The minimum absolute atomic E-state index is 0.0515. The van der Waals surface area contributed by atoms with Gasteiger partial charge in [-0.05, 0) is 34.8 Å². The van der Waals surface area contributed by atoms with Gasteiger partial charge in [-0.3, -0.25) is 4.79 Å². The SMILES string of the molecule is O=C(O)CC(CC1NC2=C(CC(I)C=C2)N1)c1cccc2ccccc12. The lowest BCUT2D eigenvalue weighted by Gasteiger charge is -2.23. The Morgan fingerprint density at radius 2 is 2.00 bits per heavy atom. The van der Waals surface area contributed by atoms with E-state index in [-0.39, 0.29) is 18.5 Å². The van der Waals surface area contributed by atoms with Gasteiger partial charge in [0.1, 0.15) is 0 Å². The Morgan fingerprint density at radius 3 is 2.85 bits per heavy atom. The quantitative estimate of drug-likeness (QED) is 0.461. The number of hydrogen-bond acceptors (Lipinski definition) is 3. The molecule has 3 unspecified atom stereocenters. The van der Waals surface area contributed by atoms with Gasteiger partial charge in [0.15, 0.2) is 0 Å². The van der Waals surface area contributed by atoms with Crippen molar-refractivity contribution in [3.8, 4) is 0 Å². The summed E-state index contributed by atoms with van der Waals surface area (Å²) in [6, 6.07) is 14.4. The van der Waals surface area contributed by atoms with Crippen molar-refractivity contribution >= 4 is 39.3 Å². The summed E-state index contributed by atoms with van der Waals surface area (Å²) < 4.78 is 0.507. The van der Waals surface area contributed by atoms with Gasteiger partial charge in [-0.1, -0.05) is 71.1 Å². The van der Waals surface area contributed by atoms with Crippen LogP contribution < -0.4 is 10.6 Å². The van der Waals surface area contributed by atoms with E-state index in [0.29, 0.717) is 3.92 Å². The number of carbonyl (C=O) groups is 1. The number of alkyl halides is 1. The molecule has 0 radical (unpaired) electrons. The Morgan fingerprint density at radius 1 is 1.19 bits per heavy atom. The Kier molecular flexibility index (Phi) is 4.89. The van der Waals surface area contributed by atoms with Gasteiger partial charge in [-0.25, -0.2) is 0 Å². The summed E-state index contributed by atoms with van der Waals surface area (Å²) in [6.07, 6.45) is 6.25. The van der Waals surface area contributed by atoms with E-state index in [4.69, 9.17) is 0 Å². The van der Waals surface area contributed by atoms with E-state index >= 15 is 0 Å². The van der Waals surface area contributed by atoms with Gasteiger partial charge in [0.05, 0.1) is 18.3 Å². The van der Waals surface area contributed by atoms with Gasteiger partial charge in [0.25, 0.3) is 0 Å². The second kappa shape index (κ2) is 7.31. The monoisotopic (exact) mass is 460 g/mol. The number of allylic oxidation sites excluding steroid dienone is 3. The van der Waals surface area contributed by atoms with Gasteiger partial charge in [-0.15, -0.1) is 0 Å². The highest BCUT2D eigenvalue weighted by atomic mass is 127. The molecule has 0 aromatic heterocycles. The largest absolute Gasteiger partial charge is 0.481 e. The van der Waals surface area contributed by atoms with Crippen LogP contribution >= 0.6 is 22.6 Å². The standard InChI is InChI=1S/C21H21IN2O2/c22-15-8-9-18-19(12-15)24-20(23-18)10-14(11-21(25)26)17-7-3-5-13-4-1-2-6-16(13)17/h1-9,14-15,20,23-24H,10-12H2,(H,25,26). The second-order valence-electron chi connectivity index (χ2n) is 6.91. The first-order valence-corrected chi connectivity index (χ1v) is 10.1. The predicted molar refractivity (Wildman–Crippen MR) is 112 cm³/mol. The molecule has 0 saturated heterocycles. The first-order chi connectivity index (χ1) is 12.6. The molecule has 1 heterocycles. The van der Waals surface area contributed by atoms with Crippen molar-refractivity contribution in [3.63, 3.8) is 0 Å². The van der Waals surface area contributed by atoms with Crippen molar-refractivity contribution in [1.82, 2.24) is 10.6 Å². The number of aliphatic carboxylic acids is 1. The van der Waals surface area contributed by atoms with Crippen molar-refractivity contribution in [1.29, 1.82) is 0 Å². The third-order valence-electron chi connectivity index (χ3n) is 5.08. The fraction of sp³-hybridized carbons (Fsp3) is 0.286. The molecule has 0 fully saturated rings. The van der Waals surface area contributed by atoms with E-state index in [2.05, 4.69) is 69.6 Å². The van der Waals surface area contributed by atoms with Gasteiger partial charge in [0, 0.05) is 16.0 Å². The molecule has 0 bridgehead atoms. The third-order valence-corrected chi connectivity index (χ3v) is 5.93. The normalized spacial score (nSPS) is 22.7. The van der Waals surface area contributed by atoms with Crippen LogP contribution in [0.2, 0.25) is 0 Å². The number of benzene rings is 2. The summed E-state index contributed by atoms with van der Waals surface area (Å²) in [6.45, 7) is 0. The maximum Gasteiger partial charge on any atom is 0.303 e. The molecule has 4 nitrogen and oxygen atoms in total. The first-order valence-electron chi connectivity index (χ1n) is 8.88. The summed E-state index contributed by atoms with van der Waals surface area (Å²) in [4.78, 5) is 11.5. The molecule has 1 aliphatic carbocycles. The second-order valence-corrected chi connectivity index (χ2v) is 8.51. The lowest BCUT2D eigenvalue weighted by molar-refractivity contribution is -0.137. The van der Waals surface area contributed by atoms with Crippen molar-refractivity contribution in [2.75, 3.05) is 0 Å². The van der Waals surface area contributed by atoms with E-state index in [9.17, 15) is 9.90 Å². The summed E-state index contributed by atoms with van der Waals surface area (Å²) in [7, 11) is 0. The molecule has 2 aliphatic rings. The number of rotatable bonds is 5. The van der Waals surface area contributed by atoms with Crippen LogP contribution in [-0.4, -0.2) is 21.2 Å². The van der Waals surface area contributed by atoms with Crippen LogP contribution in [0.5, 0.6) is 0 Å². The molecule has 2 aromatic rings. The zero-order valence-corrected chi connectivity index (χ0v) is 16.4. The number of carboxylic acids is 1. The number of nitrogens with one attached hydrogen (secondary N) is 2. The van der Waals surface area contributed by atoms with E-state index < -0.39 is 5.97 Å². The molecule has 3 atom stereocenters. The average Bonchev–Trinajstić information content (AvgIpc) is 3.01. The van der Waals surface area contributed by atoms with Crippen molar-refractivity contribution in [2.24, 2.45) is 0 Å². The van der Waals surface area contributed by atoms with Gasteiger partial charge >= 0.3 is 5.97 Å². The lowest BCUT2D eigenvalue weighted by Crippen LogP contribution is -2.35. The molecule has 0 spiro atoms. The van der Waals surface area contributed by atoms with E-state index in [1.165, 1.54) is 5.70 Å². The molecular formula is C21H21IN2O2. The van der Waals surface area contributed by atoms with Crippen LogP contribution in [0, 0.1) is 0 Å². The van der Waals surface area contributed by atoms with Crippen molar-refractivity contribution < 1.29 is 9.90 Å². The highest BCUT2D eigenvalue weighted by Gasteiger charge is 2.28. The van der Waals surface area contributed by atoms with Gasteiger partial charge < -0.3 is 15.7 Å². The summed E-state index contributed by atoms with van der Waals surface area (Å²) >= 11 is 2.43. The zero-order valence-electron chi connectivity index (χ0n) is 14.3. The van der Waals surface area contributed by atoms with Crippen molar-refractivity contribution in [2.45, 2.75) is 35.3 Å². The molecule has 134 valence electrons. The van der Waals surface area contributed by atoms with Crippen LogP contribution in [0.25, 0.3) is 10.8 Å². The van der Waals surface area contributed by atoms with Crippen LogP contribution in [-0.2, 0) is 4.79 Å². The topological polar surface area (TPSA) is 61.4 Å². The van der Waals surface area contributed by atoms with Crippen molar-refractivity contribution in [3.05, 3.63) is 71.6 Å². The molecule has 4 rings (SSSR count). The third kappa shape index (κ3) is 3.58. The molecule has 5 heteroatoms. The number of fused-ring (bicyclic) bond motifs is 1. The molecule has 0 saturated carbocycles.